The topological polar surface area (TPSA) is 171 Å². The fourth-order valence-corrected chi connectivity index (χ4v) is 9.35. The van der Waals surface area contributed by atoms with E-state index in [9.17, 15) is 32.4 Å². The van der Waals surface area contributed by atoms with Gasteiger partial charge in [0.05, 0.1) is 22.1 Å². The first-order chi connectivity index (χ1) is 23.0. The minimum absolute atomic E-state index is 0.0317. The first-order valence-electron chi connectivity index (χ1n) is 18.2. The second-order valence-electron chi connectivity index (χ2n) is 18.0. The predicted octanol–water partition coefficient (Wildman–Crippen LogP) is 3.09. The number of hydrogen-bond acceptors (Lipinski definition) is 7. The van der Waals surface area contributed by atoms with Crippen LogP contribution in [0.1, 0.15) is 114 Å². The van der Waals surface area contributed by atoms with Crippen molar-refractivity contribution in [2.75, 3.05) is 12.3 Å². The molecule has 0 radical (unpaired) electrons. The van der Waals surface area contributed by atoms with Gasteiger partial charge in [0.2, 0.25) is 17.6 Å². The highest BCUT2D eigenvalue weighted by molar-refractivity contribution is 7.92. The first kappa shape index (κ1) is 39.6. The van der Waals surface area contributed by atoms with Crippen molar-refractivity contribution in [3.63, 3.8) is 0 Å². The minimum Gasteiger partial charge on any atom is -0.346 e. The highest BCUT2D eigenvalue weighted by atomic mass is 32.2. The van der Waals surface area contributed by atoms with Crippen LogP contribution >= 0.6 is 0 Å². The Morgan fingerprint density at radius 1 is 0.980 bits per heavy atom. The fraction of sp³-hybridized carbons (Fsp3) is 0.811. The summed E-state index contributed by atoms with van der Waals surface area (Å²) in [5.41, 5.74) is -1.98. The molecule has 12 nitrogen and oxygen atoms in total. The van der Waals surface area contributed by atoms with Gasteiger partial charge in [-0.25, -0.2) is 13.2 Å². The molecule has 50 heavy (non-hydrogen) atoms. The number of likely N-dealkylation sites (tertiary alicyclic amines) is 1. The highest BCUT2D eigenvalue weighted by Crippen LogP contribution is 2.65. The Hall–Kier alpha value is -3.14. The second kappa shape index (κ2) is 14.1. The number of carbonyl (C=O) groups excluding carboxylic acids is 5. The molecule has 4 unspecified atom stereocenters. The lowest BCUT2D eigenvalue weighted by molar-refractivity contribution is -0.145. The summed E-state index contributed by atoms with van der Waals surface area (Å²) in [5.74, 6) is -0.105. The Kier molecular flexibility index (Phi) is 11.2. The summed E-state index contributed by atoms with van der Waals surface area (Å²) in [6.07, 6.45) is 10.0. The van der Waals surface area contributed by atoms with Crippen LogP contribution in [0, 0.1) is 40.9 Å². The maximum atomic E-state index is 14.5. The van der Waals surface area contributed by atoms with Gasteiger partial charge in [-0.1, -0.05) is 60.8 Å². The van der Waals surface area contributed by atoms with E-state index in [-0.39, 0.29) is 47.8 Å². The Morgan fingerprint density at radius 2 is 1.58 bits per heavy atom. The van der Waals surface area contributed by atoms with Gasteiger partial charge in [-0.2, -0.15) is 0 Å². The van der Waals surface area contributed by atoms with E-state index >= 15 is 0 Å². The van der Waals surface area contributed by atoms with Gasteiger partial charge in [0.25, 0.3) is 5.91 Å². The number of urea groups is 1. The van der Waals surface area contributed by atoms with Crippen LogP contribution in [0.2, 0.25) is 0 Å². The third-order valence-corrected chi connectivity index (χ3v) is 14.4. The smallest absolute Gasteiger partial charge is 0.315 e. The van der Waals surface area contributed by atoms with Crippen molar-refractivity contribution in [3.8, 4) is 12.3 Å². The van der Waals surface area contributed by atoms with Gasteiger partial charge >= 0.3 is 6.03 Å². The van der Waals surface area contributed by atoms with E-state index in [1.165, 1.54) is 4.90 Å². The summed E-state index contributed by atoms with van der Waals surface area (Å²) in [7, 11) is -3.57. The largest absolute Gasteiger partial charge is 0.346 e. The molecule has 1 heterocycles. The number of hydrogen-bond donors (Lipinski definition) is 4. The zero-order valence-corrected chi connectivity index (χ0v) is 32.2. The molecule has 0 aromatic rings. The SMILES string of the molecule is C#CCCC(NC(=O)[C@@H]1C2[C@H](CN1C(=O)[C@@H](NC(=O)NC1(CS(=O)(=O)C(C)(C)C)CCCCC1)C(C)(C)C)C2(C)C)C(=O)C(=O)NC1CC1C. The molecular formula is C37H59N5O7S. The molecule has 3 saturated carbocycles. The Bertz CT molecular complexity index is 1510. The molecule has 1 aliphatic heterocycles. The number of piperidine rings is 1. The van der Waals surface area contributed by atoms with Gasteiger partial charge in [0.15, 0.2) is 9.84 Å². The average Bonchev–Trinajstić information content (AvgIpc) is 3.73. The maximum Gasteiger partial charge on any atom is 0.315 e. The number of fused-ring (bicyclic) bond motifs is 1. The monoisotopic (exact) mass is 717 g/mol. The number of sulfone groups is 1. The first-order valence-corrected chi connectivity index (χ1v) is 19.8. The number of ketones is 1. The molecule has 4 rings (SSSR count). The second-order valence-corrected chi connectivity index (χ2v) is 20.7. The molecule has 0 bridgehead atoms. The van der Waals surface area contributed by atoms with E-state index in [1.807, 2.05) is 41.5 Å². The number of rotatable bonds is 12. The van der Waals surface area contributed by atoms with Crippen molar-refractivity contribution in [1.82, 2.24) is 26.2 Å². The summed E-state index contributed by atoms with van der Waals surface area (Å²) in [6, 6.07) is -3.83. The molecule has 3 aliphatic carbocycles. The minimum atomic E-state index is -3.57. The van der Waals surface area contributed by atoms with E-state index in [2.05, 4.69) is 27.2 Å². The van der Waals surface area contributed by atoms with Crippen LogP contribution in [-0.4, -0.2) is 89.6 Å². The number of nitrogens with one attached hydrogen (secondary N) is 4. The van der Waals surface area contributed by atoms with E-state index < -0.39 is 73.2 Å². The summed E-state index contributed by atoms with van der Waals surface area (Å²) >= 11 is 0. The van der Waals surface area contributed by atoms with Crippen LogP contribution < -0.4 is 21.3 Å². The number of nitrogens with zero attached hydrogens (tertiary/aromatic N) is 1. The zero-order chi connectivity index (χ0) is 37.6. The normalized spacial score (nSPS) is 27.8. The molecule has 4 N–H and O–H groups in total. The molecule has 1 saturated heterocycles. The molecule has 280 valence electrons. The predicted molar refractivity (Wildman–Crippen MR) is 191 cm³/mol. The van der Waals surface area contributed by atoms with Crippen LogP contribution in [-0.2, 0) is 29.0 Å². The number of Topliss-reactive ketones (excluding diaryl/α,β-unsaturated/α-hetero) is 1. The Balaban J connectivity index is 1.54. The fourth-order valence-electron chi connectivity index (χ4n) is 7.82. The van der Waals surface area contributed by atoms with Crippen molar-refractivity contribution in [2.45, 2.75) is 148 Å². The zero-order valence-electron chi connectivity index (χ0n) is 31.4. The van der Waals surface area contributed by atoms with Gasteiger partial charge in [0, 0.05) is 19.0 Å². The van der Waals surface area contributed by atoms with Crippen molar-refractivity contribution in [1.29, 1.82) is 0 Å². The van der Waals surface area contributed by atoms with Crippen molar-refractivity contribution in [2.24, 2.45) is 28.6 Å². The van der Waals surface area contributed by atoms with E-state index in [0.717, 1.165) is 25.7 Å². The van der Waals surface area contributed by atoms with E-state index in [4.69, 9.17) is 6.42 Å². The molecule has 0 spiro atoms. The molecule has 7 atom stereocenters. The molecular weight excluding hydrogens is 659 g/mol. The lowest BCUT2D eigenvalue weighted by atomic mass is 9.83. The number of carbonyl (C=O) groups is 5. The maximum absolute atomic E-state index is 14.5. The summed E-state index contributed by atoms with van der Waals surface area (Å²) < 4.78 is 25.6. The van der Waals surface area contributed by atoms with Gasteiger partial charge < -0.3 is 26.2 Å². The van der Waals surface area contributed by atoms with Gasteiger partial charge in [-0.05, 0) is 75.0 Å². The van der Waals surface area contributed by atoms with Crippen molar-refractivity contribution >= 4 is 39.4 Å². The van der Waals surface area contributed by atoms with Gasteiger partial charge in [0.1, 0.15) is 12.1 Å². The number of terminal acetylenes is 1. The summed E-state index contributed by atoms with van der Waals surface area (Å²) in [6.45, 7) is 16.8. The van der Waals surface area contributed by atoms with Crippen molar-refractivity contribution < 1.29 is 32.4 Å². The number of amides is 5. The van der Waals surface area contributed by atoms with Crippen LogP contribution in [0.3, 0.4) is 0 Å². The average molecular weight is 718 g/mol. The third-order valence-electron chi connectivity index (χ3n) is 11.6. The Morgan fingerprint density at radius 3 is 2.10 bits per heavy atom. The molecule has 4 aliphatic rings. The lowest BCUT2D eigenvalue weighted by Gasteiger charge is -2.41. The molecule has 4 fully saturated rings. The highest BCUT2D eigenvalue weighted by Gasteiger charge is 2.70. The van der Waals surface area contributed by atoms with Gasteiger partial charge in [-0.15, -0.1) is 12.3 Å². The molecule has 0 aromatic heterocycles. The quantitative estimate of drug-likeness (QED) is 0.178. The van der Waals surface area contributed by atoms with Crippen LogP contribution in [0.4, 0.5) is 4.79 Å². The summed E-state index contributed by atoms with van der Waals surface area (Å²) in [4.78, 5) is 69.8. The van der Waals surface area contributed by atoms with E-state index in [0.29, 0.717) is 19.4 Å². The molecule has 5 amide bonds. The van der Waals surface area contributed by atoms with Crippen molar-refractivity contribution in [3.05, 3.63) is 0 Å². The Labute approximate surface area is 298 Å². The third kappa shape index (κ3) is 8.48. The van der Waals surface area contributed by atoms with Crippen LogP contribution in [0.5, 0.6) is 0 Å². The molecule has 0 aromatic carbocycles. The lowest BCUT2D eigenvalue weighted by Crippen LogP contribution is -2.64. The standard InChI is InChI=1S/C37H59N5O7S/c1-11-12-16-24(28(43)31(45)39-25-19-22(25)2)38-30(44)27-26-23(36(26,9)10)20-42(27)32(46)29(34(3,4)5)40-33(47)41-37(17-14-13-15-18-37)21-50(48,49)35(6,7)8/h1,22-27,29H,12-21H2,2-10H3,(H,38,44)(H,39,45)(H2,40,41,47)/t22?,23-,24?,25?,26?,27-,29+/m0/s1. The van der Waals surface area contributed by atoms with E-state index in [1.54, 1.807) is 20.8 Å². The molecule has 13 heteroatoms. The van der Waals surface area contributed by atoms with Gasteiger partial charge in [-0.3, -0.25) is 19.2 Å². The van der Waals surface area contributed by atoms with Crippen LogP contribution in [0.15, 0.2) is 0 Å². The van der Waals surface area contributed by atoms with Crippen LogP contribution in [0.25, 0.3) is 0 Å². The summed E-state index contributed by atoms with van der Waals surface area (Å²) in [5, 5.41) is 11.4.